The van der Waals surface area contributed by atoms with Gasteiger partial charge in [-0.1, -0.05) is 35.8 Å². The first kappa shape index (κ1) is 18.6. The number of likely N-dealkylation sites (tertiary alicyclic amines) is 1. The normalized spacial score (nSPS) is 15.2. The van der Waals surface area contributed by atoms with Crippen molar-refractivity contribution in [2.24, 2.45) is 0 Å². The van der Waals surface area contributed by atoms with Gasteiger partial charge in [0.15, 0.2) is 0 Å². The number of nitrogens with zero attached hydrogens (tertiary/aromatic N) is 2. The van der Waals surface area contributed by atoms with E-state index in [-0.39, 0.29) is 5.91 Å². The largest absolute Gasteiger partial charge is 0.361 e. The molecular weight excluding hydrogens is 326 g/mol. The first-order valence-electron chi connectivity index (χ1n) is 9.60. The first-order chi connectivity index (χ1) is 12.6. The highest BCUT2D eigenvalue weighted by atomic mass is 16.5. The molecule has 1 aliphatic heterocycles. The molecule has 1 saturated heterocycles. The number of rotatable bonds is 7. The number of hydrogen-bond acceptors (Lipinski definition) is 4. The number of carbonyl (C=O) groups is 1. The van der Waals surface area contributed by atoms with Gasteiger partial charge < -0.3 is 9.84 Å². The number of nitrogens with one attached hydrogen (secondary N) is 1. The highest BCUT2D eigenvalue weighted by Crippen LogP contribution is 2.15. The zero-order chi connectivity index (χ0) is 18.4. The Morgan fingerprint density at radius 3 is 2.46 bits per heavy atom. The van der Waals surface area contributed by atoms with Crippen molar-refractivity contribution in [1.82, 2.24) is 15.4 Å². The second-order valence-electron chi connectivity index (χ2n) is 7.23. The smallest absolute Gasteiger partial charge is 0.220 e. The van der Waals surface area contributed by atoms with Crippen molar-refractivity contribution in [2.45, 2.75) is 59.0 Å². The predicted molar refractivity (Wildman–Crippen MR) is 102 cm³/mol. The van der Waals surface area contributed by atoms with Gasteiger partial charge in [0.1, 0.15) is 5.76 Å². The topological polar surface area (TPSA) is 58.4 Å². The molecule has 0 bridgehead atoms. The van der Waals surface area contributed by atoms with Gasteiger partial charge in [-0.3, -0.25) is 9.69 Å². The highest BCUT2D eigenvalue weighted by molar-refractivity contribution is 5.76. The molecule has 0 saturated carbocycles. The molecule has 0 atom stereocenters. The third-order valence-electron chi connectivity index (χ3n) is 5.15. The molecule has 1 aliphatic rings. The molecule has 1 amide bonds. The van der Waals surface area contributed by atoms with Crippen LogP contribution in [0.4, 0.5) is 0 Å². The van der Waals surface area contributed by atoms with Crippen molar-refractivity contribution in [2.75, 3.05) is 13.1 Å². The predicted octanol–water partition coefficient (Wildman–Crippen LogP) is 3.53. The number of carbonyl (C=O) groups excluding carboxylic acids is 1. The van der Waals surface area contributed by atoms with Gasteiger partial charge in [-0.2, -0.15) is 0 Å². The molecule has 140 valence electrons. The van der Waals surface area contributed by atoms with Crippen LogP contribution in [-0.4, -0.2) is 29.1 Å². The second-order valence-corrected chi connectivity index (χ2v) is 7.23. The summed E-state index contributed by atoms with van der Waals surface area (Å²) in [6.07, 6.45) is 5.12. The summed E-state index contributed by atoms with van der Waals surface area (Å²) in [4.78, 5) is 14.6. The average molecular weight is 355 g/mol. The van der Waals surface area contributed by atoms with Gasteiger partial charge in [-0.25, -0.2) is 0 Å². The molecule has 1 fully saturated rings. The average Bonchev–Trinajstić information content (AvgIpc) is 2.98. The maximum Gasteiger partial charge on any atom is 0.220 e. The first-order valence-corrected chi connectivity index (χ1v) is 9.60. The summed E-state index contributed by atoms with van der Waals surface area (Å²) >= 11 is 0. The van der Waals surface area contributed by atoms with Gasteiger partial charge in [0.25, 0.3) is 0 Å². The van der Waals surface area contributed by atoms with Gasteiger partial charge in [0.2, 0.25) is 5.91 Å². The molecule has 1 aromatic heterocycles. The quantitative estimate of drug-likeness (QED) is 0.825. The lowest BCUT2D eigenvalue weighted by molar-refractivity contribution is -0.121. The summed E-state index contributed by atoms with van der Waals surface area (Å²) in [5.74, 6) is 0.863. The van der Waals surface area contributed by atoms with Crippen molar-refractivity contribution in [3.8, 4) is 0 Å². The van der Waals surface area contributed by atoms with Crippen molar-refractivity contribution in [3.05, 3.63) is 52.4 Å². The van der Waals surface area contributed by atoms with Crippen molar-refractivity contribution < 1.29 is 9.32 Å². The number of aryl methyl sites for hydroxylation is 2. The van der Waals surface area contributed by atoms with Gasteiger partial charge in [0.05, 0.1) is 5.69 Å². The fourth-order valence-electron chi connectivity index (χ4n) is 3.52. The van der Waals surface area contributed by atoms with Crippen LogP contribution in [0.3, 0.4) is 0 Å². The molecule has 5 nitrogen and oxygen atoms in total. The van der Waals surface area contributed by atoms with E-state index in [0.717, 1.165) is 29.1 Å². The fourth-order valence-corrected chi connectivity index (χ4v) is 3.52. The molecule has 26 heavy (non-hydrogen) atoms. The molecule has 1 aromatic carbocycles. The van der Waals surface area contributed by atoms with Gasteiger partial charge in [0, 0.05) is 25.1 Å². The van der Waals surface area contributed by atoms with E-state index in [0.29, 0.717) is 19.4 Å². The lowest BCUT2D eigenvalue weighted by Crippen LogP contribution is -2.29. The van der Waals surface area contributed by atoms with Crippen LogP contribution >= 0.6 is 0 Å². The van der Waals surface area contributed by atoms with Crippen LogP contribution in [0.15, 0.2) is 28.8 Å². The Morgan fingerprint density at radius 2 is 1.81 bits per heavy atom. The van der Waals surface area contributed by atoms with E-state index >= 15 is 0 Å². The summed E-state index contributed by atoms with van der Waals surface area (Å²) in [7, 11) is 0. The Hall–Kier alpha value is -2.14. The van der Waals surface area contributed by atoms with Crippen LogP contribution in [-0.2, 0) is 24.3 Å². The van der Waals surface area contributed by atoms with Crippen LogP contribution in [0.5, 0.6) is 0 Å². The number of hydrogen-bond donors (Lipinski definition) is 1. The van der Waals surface area contributed by atoms with Gasteiger partial charge in [-0.15, -0.1) is 0 Å². The Labute approximate surface area is 155 Å². The summed E-state index contributed by atoms with van der Waals surface area (Å²) in [6, 6.07) is 8.60. The van der Waals surface area contributed by atoms with Crippen LogP contribution in [0.25, 0.3) is 0 Å². The molecule has 1 N–H and O–H groups in total. The van der Waals surface area contributed by atoms with Crippen molar-refractivity contribution in [3.63, 3.8) is 0 Å². The molecule has 0 radical (unpaired) electrons. The number of piperidine rings is 1. The Bertz CT molecular complexity index is 696. The van der Waals surface area contributed by atoms with E-state index in [4.69, 9.17) is 4.52 Å². The molecule has 0 unspecified atom stereocenters. The van der Waals surface area contributed by atoms with Gasteiger partial charge >= 0.3 is 0 Å². The lowest BCUT2D eigenvalue weighted by atomic mass is 10.1. The maximum atomic E-state index is 12.1. The Morgan fingerprint density at radius 1 is 1.12 bits per heavy atom. The summed E-state index contributed by atoms with van der Waals surface area (Å²) in [5, 5.41) is 6.93. The minimum atomic E-state index is 0.0578. The van der Waals surface area contributed by atoms with E-state index in [1.807, 2.05) is 13.8 Å². The third-order valence-corrected chi connectivity index (χ3v) is 5.15. The van der Waals surface area contributed by atoms with E-state index in [1.165, 1.54) is 37.9 Å². The zero-order valence-corrected chi connectivity index (χ0v) is 15.9. The minimum absolute atomic E-state index is 0.0578. The molecule has 2 heterocycles. The number of aromatic nitrogens is 1. The van der Waals surface area contributed by atoms with Crippen molar-refractivity contribution >= 4 is 5.91 Å². The second kappa shape index (κ2) is 8.99. The molecular formula is C21H29N3O2. The molecule has 5 heteroatoms. The maximum absolute atomic E-state index is 12.1. The summed E-state index contributed by atoms with van der Waals surface area (Å²) in [6.45, 7) is 7.83. The van der Waals surface area contributed by atoms with Crippen LogP contribution in [0.1, 0.15) is 53.8 Å². The van der Waals surface area contributed by atoms with E-state index in [9.17, 15) is 4.79 Å². The molecule has 0 spiro atoms. The standard InChI is InChI=1S/C21H29N3O2/c1-16-20(17(2)26-23-16)10-11-21(25)22-14-18-6-8-19(9-7-18)15-24-12-4-3-5-13-24/h6-9H,3-5,10-15H2,1-2H3,(H,22,25). The van der Waals surface area contributed by atoms with Crippen LogP contribution < -0.4 is 5.32 Å². The molecule has 3 rings (SSSR count). The SMILES string of the molecule is Cc1noc(C)c1CCC(=O)NCc1ccc(CN2CCCCC2)cc1. The van der Waals surface area contributed by atoms with Crippen LogP contribution in [0.2, 0.25) is 0 Å². The monoisotopic (exact) mass is 355 g/mol. The summed E-state index contributed by atoms with van der Waals surface area (Å²) in [5.41, 5.74) is 4.40. The fraction of sp³-hybridized carbons (Fsp3) is 0.524. The molecule has 0 aliphatic carbocycles. The van der Waals surface area contributed by atoms with E-state index < -0.39 is 0 Å². The van der Waals surface area contributed by atoms with E-state index in [2.05, 4.69) is 39.6 Å². The minimum Gasteiger partial charge on any atom is -0.361 e. The Kier molecular flexibility index (Phi) is 6.45. The molecule has 2 aromatic rings. The van der Waals surface area contributed by atoms with Gasteiger partial charge in [-0.05, 0) is 57.3 Å². The third kappa shape index (κ3) is 5.18. The van der Waals surface area contributed by atoms with Crippen LogP contribution in [0, 0.1) is 13.8 Å². The van der Waals surface area contributed by atoms with E-state index in [1.54, 1.807) is 0 Å². The number of amides is 1. The Balaban J connectivity index is 1.41. The summed E-state index contributed by atoms with van der Waals surface area (Å²) < 4.78 is 5.14. The zero-order valence-electron chi connectivity index (χ0n) is 15.9. The highest BCUT2D eigenvalue weighted by Gasteiger charge is 2.12. The van der Waals surface area contributed by atoms with Crippen molar-refractivity contribution in [1.29, 1.82) is 0 Å². The lowest BCUT2D eigenvalue weighted by Gasteiger charge is -2.26. The number of benzene rings is 1.